The zero-order valence-electron chi connectivity index (χ0n) is 19.4. The molecule has 1 aliphatic rings. The minimum Gasteiger partial charge on any atom is -0.349 e. The first kappa shape index (κ1) is 24.9. The summed E-state index contributed by atoms with van der Waals surface area (Å²) in [4.78, 5) is 19.1. The van der Waals surface area contributed by atoms with E-state index >= 15 is 4.39 Å². The fourth-order valence-electron chi connectivity index (χ4n) is 4.27. The SMILES string of the molecule is BC(B)(B)c1ccc(CNCC2(F)CCN(C(=O)c3ccc(F)c(Cl)c3)C(B)(B)C2)nc1. The number of pyridine rings is 1. The van der Waals surface area contributed by atoms with Gasteiger partial charge in [-0.05, 0) is 41.6 Å². The van der Waals surface area contributed by atoms with Gasteiger partial charge in [-0.1, -0.05) is 22.8 Å². The average Bonchev–Trinajstić information content (AvgIpc) is 2.68. The third-order valence-electron chi connectivity index (χ3n) is 6.11. The van der Waals surface area contributed by atoms with Crippen LogP contribution in [0.2, 0.25) is 5.02 Å². The number of nitrogens with zero attached hydrogens (tertiary/aromatic N) is 2. The van der Waals surface area contributed by atoms with Gasteiger partial charge in [0.15, 0.2) is 0 Å². The number of nitrogens with one attached hydrogen (secondary N) is 1. The molecule has 1 aliphatic heterocycles. The highest BCUT2D eigenvalue weighted by Gasteiger charge is 2.45. The number of halogens is 3. The van der Waals surface area contributed by atoms with Crippen LogP contribution in [-0.4, -0.2) is 79.1 Å². The van der Waals surface area contributed by atoms with E-state index in [2.05, 4.69) is 39.9 Å². The van der Waals surface area contributed by atoms with E-state index in [1.54, 1.807) is 4.90 Å². The summed E-state index contributed by atoms with van der Waals surface area (Å²) >= 11 is 5.83. The number of hydrogen-bond donors (Lipinski definition) is 1. The van der Waals surface area contributed by atoms with Crippen LogP contribution in [0.25, 0.3) is 0 Å². The maximum atomic E-state index is 15.7. The lowest BCUT2D eigenvalue weighted by molar-refractivity contribution is 0.0253. The molecule has 0 saturated carbocycles. The fourth-order valence-corrected chi connectivity index (χ4v) is 4.45. The van der Waals surface area contributed by atoms with E-state index < -0.39 is 16.8 Å². The number of benzene rings is 1. The molecule has 0 spiro atoms. The van der Waals surface area contributed by atoms with Crippen LogP contribution >= 0.6 is 11.6 Å². The monoisotopic (exact) mass is 453 g/mol. The van der Waals surface area contributed by atoms with Crippen LogP contribution in [0.3, 0.4) is 0 Å². The Hall–Kier alpha value is -1.73. The molecule has 0 radical (unpaired) electrons. The lowest BCUT2D eigenvalue weighted by atomic mass is 9.40. The lowest BCUT2D eigenvalue weighted by Crippen LogP contribution is -2.62. The Balaban J connectivity index is 1.60. The summed E-state index contributed by atoms with van der Waals surface area (Å²) in [6.07, 6.45) is 2.29. The van der Waals surface area contributed by atoms with Gasteiger partial charge in [0.2, 0.25) is 0 Å². The molecule has 1 fully saturated rings. The number of piperidine rings is 1. The Bertz CT molecular complexity index is 990. The molecule has 3 rings (SSSR count). The maximum absolute atomic E-state index is 15.7. The third-order valence-corrected chi connectivity index (χ3v) is 6.40. The zero-order valence-corrected chi connectivity index (χ0v) is 20.2. The molecule has 2 aromatic rings. The molecule has 164 valence electrons. The van der Waals surface area contributed by atoms with E-state index in [4.69, 9.17) is 11.6 Å². The number of amides is 1. The minimum atomic E-state index is -1.44. The molecule has 1 aromatic carbocycles. The molecule has 4 nitrogen and oxygen atoms in total. The second kappa shape index (κ2) is 9.26. The highest BCUT2D eigenvalue weighted by molar-refractivity contribution is 6.58. The van der Waals surface area contributed by atoms with Gasteiger partial charge in [-0.25, -0.2) is 8.78 Å². The Morgan fingerprint density at radius 1 is 1.25 bits per heavy atom. The number of rotatable bonds is 6. The van der Waals surface area contributed by atoms with Crippen LogP contribution in [-0.2, 0) is 11.7 Å². The van der Waals surface area contributed by atoms with Gasteiger partial charge in [-0.3, -0.25) is 9.78 Å². The van der Waals surface area contributed by atoms with Crippen molar-refractivity contribution in [2.45, 2.75) is 35.5 Å². The van der Waals surface area contributed by atoms with Crippen molar-refractivity contribution in [3.63, 3.8) is 0 Å². The van der Waals surface area contributed by atoms with Crippen LogP contribution in [0.4, 0.5) is 8.78 Å². The van der Waals surface area contributed by atoms with Gasteiger partial charge in [-0.15, -0.1) is 0 Å². The minimum absolute atomic E-state index is 0.0399. The van der Waals surface area contributed by atoms with Gasteiger partial charge < -0.3 is 10.2 Å². The zero-order chi connectivity index (χ0) is 23.7. The molecular formula is C20H27B5ClF2N3O. The van der Waals surface area contributed by atoms with Gasteiger partial charge in [0.1, 0.15) is 27.2 Å². The van der Waals surface area contributed by atoms with Crippen LogP contribution < -0.4 is 5.32 Å². The number of hydrogen-bond acceptors (Lipinski definition) is 3. The first-order valence-corrected chi connectivity index (χ1v) is 11.3. The van der Waals surface area contributed by atoms with Crippen molar-refractivity contribution in [2.75, 3.05) is 13.1 Å². The summed E-state index contributed by atoms with van der Waals surface area (Å²) in [5.41, 5.74) is 0.886. The molecule has 0 bridgehead atoms. The van der Waals surface area contributed by atoms with Crippen molar-refractivity contribution in [2.24, 2.45) is 0 Å². The Kier molecular flexibility index (Phi) is 7.21. The first-order chi connectivity index (χ1) is 14.8. The predicted octanol–water partition coefficient (Wildman–Crippen LogP) is -1.46. The molecule has 1 N–H and O–H groups in total. The summed E-state index contributed by atoms with van der Waals surface area (Å²) in [6.45, 7) is 0.939. The van der Waals surface area contributed by atoms with Crippen molar-refractivity contribution < 1.29 is 13.6 Å². The van der Waals surface area contributed by atoms with Crippen molar-refractivity contribution >= 4 is 56.7 Å². The van der Waals surface area contributed by atoms with Gasteiger partial charge in [0.05, 0.1) is 34.3 Å². The van der Waals surface area contributed by atoms with E-state index in [0.29, 0.717) is 12.1 Å². The first-order valence-electron chi connectivity index (χ1n) is 10.9. The van der Waals surface area contributed by atoms with E-state index in [-0.39, 0.29) is 42.0 Å². The maximum Gasteiger partial charge on any atom is 0.253 e. The number of likely N-dealkylation sites (tertiary alicyclic amines) is 1. The fraction of sp³-hybridized carbons (Fsp3) is 0.400. The standard InChI is InChI=1S/C20H27B5ClF2N3O/c21-19(22)10-18(28,11-29-9-14-3-2-13(8-30-14)20(23,24)25)5-6-31(19)17(32)12-1-4-16(27)15(26)7-12/h1-4,7-8,29H,5-6,9-11,21-25H2. The molecule has 1 amide bonds. The highest BCUT2D eigenvalue weighted by Crippen LogP contribution is 2.35. The molecule has 32 heavy (non-hydrogen) atoms. The summed E-state index contributed by atoms with van der Waals surface area (Å²) < 4.78 is 29.1. The molecule has 0 aliphatic carbocycles. The molecule has 1 unspecified atom stereocenters. The van der Waals surface area contributed by atoms with E-state index in [0.717, 1.165) is 11.3 Å². The van der Waals surface area contributed by atoms with Crippen LogP contribution in [0.5, 0.6) is 0 Å². The van der Waals surface area contributed by atoms with Crippen molar-refractivity contribution in [3.05, 3.63) is 64.2 Å². The van der Waals surface area contributed by atoms with Crippen molar-refractivity contribution in [1.82, 2.24) is 15.2 Å². The van der Waals surface area contributed by atoms with Crippen LogP contribution in [0.15, 0.2) is 36.5 Å². The number of carbonyl (C=O) groups is 1. The molecular weight excluding hydrogens is 426 g/mol. The average molecular weight is 453 g/mol. The lowest BCUT2D eigenvalue weighted by Gasteiger charge is -2.49. The Labute approximate surface area is 198 Å². The van der Waals surface area contributed by atoms with Crippen LogP contribution in [0, 0.1) is 5.82 Å². The molecule has 1 saturated heterocycles. The summed E-state index contributed by atoms with van der Waals surface area (Å²) in [7, 11) is 10.1. The highest BCUT2D eigenvalue weighted by atomic mass is 35.5. The normalized spacial score (nSPS) is 20.8. The smallest absolute Gasteiger partial charge is 0.253 e. The topological polar surface area (TPSA) is 45.2 Å². The Morgan fingerprint density at radius 2 is 1.97 bits per heavy atom. The second-order valence-electron chi connectivity index (χ2n) is 10.4. The predicted molar refractivity (Wildman–Crippen MR) is 139 cm³/mol. The van der Waals surface area contributed by atoms with E-state index in [9.17, 15) is 9.18 Å². The quantitative estimate of drug-likeness (QED) is 0.545. The number of carbonyl (C=O) groups excluding carboxylic acids is 1. The summed E-state index contributed by atoms with van der Waals surface area (Å²) in [5.74, 6) is -0.840. The number of aromatic nitrogens is 1. The molecule has 2 heterocycles. The third kappa shape index (κ3) is 5.79. The van der Waals surface area contributed by atoms with Crippen LogP contribution in [0.1, 0.15) is 34.5 Å². The largest absolute Gasteiger partial charge is 0.349 e. The summed E-state index contributed by atoms with van der Waals surface area (Å²) in [5, 5.41) is 2.44. The van der Waals surface area contributed by atoms with Gasteiger partial charge >= 0.3 is 0 Å². The van der Waals surface area contributed by atoms with E-state index in [1.807, 2.05) is 28.0 Å². The summed E-state index contributed by atoms with van der Waals surface area (Å²) in [6, 6.07) is 7.95. The second-order valence-corrected chi connectivity index (χ2v) is 10.8. The van der Waals surface area contributed by atoms with E-state index in [1.165, 1.54) is 18.2 Å². The van der Waals surface area contributed by atoms with Crippen molar-refractivity contribution in [1.29, 1.82) is 0 Å². The van der Waals surface area contributed by atoms with Gasteiger partial charge in [0, 0.05) is 37.8 Å². The van der Waals surface area contributed by atoms with Crippen molar-refractivity contribution in [3.8, 4) is 0 Å². The number of alkyl halides is 1. The Morgan fingerprint density at radius 3 is 2.53 bits per heavy atom. The molecule has 1 atom stereocenters. The van der Waals surface area contributed by atoms with Gasteiger partial charge in [0.25, 0.3) is 5.91 Å². The van der Waals surface area contributed by atoms with Gasteiger partial charge in [-0.2, -0.15) is 0 Å². The molecule has 1 aromatic heterocycles. The molecule has 12 heteroatoms.